The monoisotopic (exact) mass is 396 g/mol. The quantitative estimate of drug-likeness (QED) is 0.565. The zero-order valence-corrected chi connectivity index (χ0v) is 16.7. The summed E-state index contributed by atoms with van der Waals surface area (Å²) in [6.45, 7) is 3.06. The number of carbonyl (C=O) groups is 1. The van der Waals surface area contributed by atoms with E-state index in [4.69, 9.17) is 0 Å². The summed E-state index contributed by atoms with van der Waals surface area (Å²) >= 11 is 0. The Balaban J connectivity index is 1.36. The number of nitrogens with zero attached hydrogens (tertiary/aromatic N) is 3. The highest BCUT2D eigenvalue weighted by molar-refractivity contribution is 6.05. The SMILES string of the molecule is O=C(c1cncc2cc[nH]c12)N1CCN(C(c2ccccc2)c2ccccc2)CC1. The Morgan fingerprint density at radius 1 is 0.833 bits per heavy atom. The molecule has 30 heavy (non-hydrogen) atoms. The molecule has 2 aromatic carbocycles. The normalized spacial score (nSPS) is 15.0. The van der Waals surface area contributed by atoms with Crippen molar-refractivity contribution in [3.05, 3.63) is 102 Å². The minimum absolute atomic E-state index is 0.0474. The zero-order chi connectivity index (χ0) is 20.3. The molecule has 0 unspecified atom stereocenters. The molecule has 4 aromatic rings. The van der Waals surface area contributed by atoms with E-state index in [1.54, 1.807) is 12.4 Å². The molecule has 1 N–H and O–H groups in total. The predicted molar refractivity (Wildman–Crippen MR) is 118 cm³/mol. The fourth-order valence-corrected chi connectivity index (χ4v) is 4.38. The number of nitrogens with one attached hydrogen (secondary N) is 1. The van der Waals surface area contributed by atoms with Gasteiger partial charge < -0.3 is 9.88 Å². The Bertz CT molecular complexity index is 1090. The number of hydrogen-bond acceptors (Lipinski definition) is 3. The Labute approximate surface area is 176 Å². The van der Waals surface area contributed by atoms with Crippen molar-refractivity contribution in [1.82, 2.24) is 19.8 Å². The Kier molecular flexibility index (Phi) is 5.03. The van der Waals surface area contributed by atoms with Crippen molar-refractivity contribution in [1.29, 1.82) is 0 Å². The average Bonchev–Trinajstić information content (AvgIpc) is 3.30. The van der Waals surface area contributed by atoms with Crippen LogP contribution < -0.4 is 0 Å². The Morgan fingerprint density at radius 3 is 2.10 bits per heavy atom. The molecule has 0 saturated carbocycles. The minimum Gasteiger partial charge on any atom is -0.360 e. The molecule has 0 bridgehead atoms. The number of pyridine rings is 1. The van der Waals surface area contributed by atoms with Gasteiger partial charge in [-0.25, -0.2) is 0 Å². The number of hydrogen-bond donors (Lipinski definition) is 1. The summed E-state index contributed by atoms with van der Waals surface area (Å²) in [6, 6.07) is 23.4. The lowest BCUT2D eigenvalue weighted by Crippen LogP contribution is -2.49. The van der Waals surface area contributed by atoms with Gasteiger partial charge in [0.15, 0.2) is 0 Å². The lowest BCUT2D eigenvalue weighted by atomic mass is 9.96. The molecule has 1 aliphatic heterocycles. The van der Waals surface area contributed by atoms with Gasteiger partial charge in [-0.3, -0.25) is 14.7 Å². The van der Waals surface area contributed by atoms with Crippen molar-refractivity contribution >= 4 is 16.8 Å². The molecule has 1 amide bonds. The number of aromatic nitrogens is 2. The fraction of sp³-hybridized carbons (Fsp3) is 0.200. The first-order valence-electron chi connectivity index (χ1n) is 10.4. The second-order valence-electron chi connectivity index (χ2n) is 7.68. The highest BCUT2D eigenvalue weighted by Crippen LogP contribution is 2.29. The molecular weight excluding hydrogens is 372 g/mol. The number of H-pyrrole nitrogens is 1. The Hall–Kier alpha value is -3.44. The summed E-state index contributed by atoms with van der Waals surface area (Å²) in [5.74, 6) is 0.0474. The van der Waals surface area contributed by atoms with Crippen LogP contribution >= 0.6 is 0 Å². The topological polar surface area (TPSA) is 52.2 Å². The van der Waals surface area contributed by atoms with E-state index < -0.39 is 0 Å². The van der Waals surface area contributed by atoms with Gasteiger partial charge in [-0.15, -0.1) is 0 Å². The van der Waals surface area contributed by atoms with Crippen molar-refractivity contribution in [3.8, 4) is 0 Å². The van der Waals surface area contributed by atoms with Gasteiger partial charge in [0.1, 0.15) is 0 Å². The van der Waals surface area contributed by atoms with E-state index in [0.29, 0.717) is 18.7 Å². The first-order valence-corrected chi connectivity index (χ1v) is 10.4. The van der Waals surface area contributed by atoms with Crippen molar-refractivity contribution < 1.29 is 4.79 Å². The first kappa shape index (κ1) is 18.6. The summed E-state index contributed by atoms with van der Waals surface area (Å²) in [4.78, 5) is 25.0. The average molecular weight is 396 g/mol. The summed E-state index contributed by atoms with van der Waals surface area (Å²) < 4.78 is 0. The van der Waals surface area contributed by atoms with Gasteiger partial charge in [0, 0.05) is 50.2 Å². The van der Waals surface area contributed by atoms with E-state index >= 15 is 0 Å². The maximum atomic E-state index is 13.2. The van der Waals surface area contributed by atoms with Crippen LogP contribution in [0.5, 0.6) is 0 Å². The largest absolute Gasteiger partial charge is 0.360 e. The number of amides is 1. The molecule has 3 heterocycles. The third-order valence-electron chi connectivity index (χ3n) is 5.89. The molecule has 5 rings (SSSR count). The van der Waals surface area contributed by atoms with Gasteiger partial charge in [0.2, 0.25) is 0 Å². The molecule has 2 aromatic heterocycles. The number of fused-ring (bicyclic) bond motifs is 1. The molecule has 5 heteroatoms. The van der Waals surface area contributed by atoms with Crippen LogP contribution in [0.1, 0.15) is 27.5 Å². The lowest BCUT2D eigenvalue weighted by molar-refractivity contribution is 0.0598. The van der Waals surface area contributed by atoms with Crippen molar-refractivity contribution in [3.63, 3.8) is 0 Å². The zero-order valence-electron chi connectivity index (χ0n) is 16.7. The standard InChI is InChI=1S/C25H24N4O/c30-25(22-18-26-17-21-11-12-27-23(21)22)29-15-13-28(14-16-29)24(19-7-3-1-4-8-19)20-9-5-2-6-10-20/h1-12,17-18,24,27H,13-16H2. The van der Waals surface area contributed by atoms with Crippen LogP contribution in [0.4, 0.5) is 0 Å². The molecule has 0 aliphatic carbocycles. The smallest absolute Gasteiger partial charge is 0.257 e. The van der Waals surface area contributed by atoms with Gasteiger partial charge in [-0.1, -0.05) is 60.7 Å². The van der Waals surface area contributed by atoms with Crippen LogP contribution in [0.15, 0.2) is 85.3 Å². The minimum atomic E-state index is 0.0474. The number of benzene rings is 2. The van der Waals surface area contributed by atoms with Gasteiger partial charge >= 0.3 is 0 Å². The molecule has 1 fully saturated rings. The molecule has 1 saturated heterocycles. The van der Waals surface area contributed by atoms with Gasteiger partial charge in [0.25, 0.3) is 5.91 Å². The summed E-state index contributed by atoms with van der Waals surface area (Å²) in [5, 5.41) is 0.965. The summed E-state index contributed by atoms with van der Waals surface area (Å²) in [7, 11) is 0. The van der Waals surface area contributed by atoms with Gasteiger partial charge in [0.05, 0.1) is 17.1 Å². The number of piperazine rings is 1. The molecular formula is C25H24N4O. The maximum absolute atomic E-state index is 13.2. The highest BCUT2D eigenvalue weighted by atomic mass is 16.2. The second-order valence-corrected chi connectivity index (χ2v) is 7.68. The predicted octanol–water partition coefficient (Wildman–Crippen LogP) is 4.11. The molecule has 0 radical (unpaired) electrons. The summed E-state index contributed by atoms with van der Waals surface area (Å²) in [6.07, 6.45) is 5.31. The maximum Gasteiger partial charge on any atom is 0.257 e. The fourth-order valence-electron chi connectivity index (χ4n) is 4.38. The highest BCUT2D eigenvalue weighted by Gasteiger charge is 2.29. The number of rotatable bonds is 4. The van der Waals surface area contributed by atoms with Crippen LogP contribution in [-0.4, -0.2) is 51.9 Å². The van der Waals surface area contributed by atoms with Gasteiger partial charge in [-0.05, 0) is 17.2 Å². The van der Waals surface area contributed by atoms with Crippen LogP contribution in [0.2, 0.25) is 0 Å². The molecule has 1 aliphatic rings. The lowest BCUT2D eigenvalue weighted by Gasteiger charge is -2.39. The van der Waals surface area contributed by atoms with E-state index in [0.717, 1.165) is 24.0 Å². The number of carbonyl (C=O) groups excluding carboxylic acids is 1. The van der Waals surface area contributed by atoms with Crippen molar-refractivity contribution in [2.24, 2.45) is 0 Å². The van der Waals surface area contributed by atoms with Crippen LogP contribution in [-0.2, 0) is 0 Å². The second kappa shape index (κ2) is 8.13. The van der Waals surface area contributed by atoms with Gasteiger partial charge in [-0.2, -0.15) is 0 Å². The van der Waals surface area contributed by atoms with Crippen LogP contribution in [0.25, 0.3) is 10.9 Å². The molecule has 0 atom stereocenters. The van der Waals surface area contributed by atoms with E-state index in [2.05, 4.69) is 75.5 Å². The van der Waals surface area contributed by atoms with Crippen LogP contribution in [0.3, 0.4) is 0 Å². The van der Waals surface area contributed by atoms with E-state index in [9.17, 15) is 4.79 Å². The molecule has 150 valence electrons. The van der Waals surface area contributed by atoms with Crippen LogP contribution in [0, 0.1) is 0 Å². The first-order chi connectivity index (χ1) is 14.8. The van der Waals surface area contributed by atoms with E-state index in [1.807, 2.05) is 17.2 Å². The Morgan fingerprint density at radius 2 is 1.47 bits per heavy atom. The third-order valence-corrected chi connectivity index (χ3v) is 5.89. The number of aromatic amines is 1. The molecule has 0 spiro atoms. The third kappa shape index (κ3) is 3.48. The van der Waals surface area contributed by atoms with E-state index in [-0.39, 0.29) is 11.9 Å². The van der Waals surface area contributed by atoms with E-state index in [1.165, 1.54) is 11.1 Å². The summed E-state index contributed by atoms with van der Waals surface area (Å²) in [5.41, 5.74) is 4.07. The molecule has 5 nitrogen and oxygen atoms in total. The van der Waals surface area contributed by atoms with Crippen molar-refractivity contribution in [2.45, 2.75) is 6.04 Å². The van der Waals surface area contributed by atoms with Crippen molar-refractivity contribution in [2.75, 3.05) is 26.2 Å².